The summed E-state index contributed by atoms with van der Waals surface area (Å²) >= 11 is 0. The number of rotatable bonds is 3. The lowest BCUT2D eigenvalue weighted by molar-refractivity contribution is -0.141. The van der Waals surface area contributed by atoms with Gasteiger partial charge in [-0.05, 0) is 25.8 Å². The van der Waals surface area contributed by atoms with Crippen molar-refractivity contribution in [2.75, 3.05) is 12.3 Å². The van der Waals surface area contributed by atoms with E-state index in [1.165, 1.54) is 12.3 Å². The standard InChI is InChI=1S/C12H14F3N3O/c1-7-4-10(16)9(5-17-7)11(19)18(8-2-3-8)6-12(13,14)15/h4-5,8H,2-3,6H2,1H3,(H2,16,17). The number of halogens is 3. The maximum absolute atomic E-state index is 12.5. The molecule has 0 bridgehead atoms. The van der Waals surface area contributed by atoms with E-state index in [1.54, 1.807) is 6.92 Å². The van der Waals surface area contributed by atoms with Gasteiger partial charge >= 0.3 is 6.18 Å². The Kier molecular flexibility index (Phi) is 3.38. The van der Waals surface area contributed by atoms with Crippen LogP contribution in [0.5, 0.6) is 0 Å². The zero-order valence-corrected chi connectivity index (χ0v) is 10.4. The third kappa shape index (κ3) is 3.36. The highest BCUT2D eigenvalue weighted by Crippen LogP contribution is 2.32. The third-order valence-electron chi connectivity index (χ3n) is 2.90. The van der Waals surface area contributed by atoms with Crippen LogP contribution < -0.4 is 5.73 Å². The average Bonchev–Trinajstić information content (AvgIpc) is 3.07. The fourth-order valence-corrected chi connectivity index (χ4v) is 1.86. The highest BCUT2D eigenvalue weighted by molar-refractivity contribution is 5.99. The summed E-state index contributed by atoms with van der Waals surface area (Å²) in [6.45, 7) is 0.447. The van der Waals surface area contributed by atoms with Crippen molar-refractivity contribution in [2.45, 2.75) is 32.0 Å². The van der Waals surface area contributed by atoms with Crippen LogP contribution in [0.25, 0.3) is 0 Å². The molecule has 1 fully saturated rings. The first-order chi connectivity index (χ1) is 8.78. The minimum absolute atomic E-state index is 0.0294. The molecule has 2 N–H and O–H groups in total. The number of hydrogen-bond acceptors (Lipinski definition) is 3. The lowest BCUT2D eigenvalue weighted by Gasteiger charge is -2.24. The van der Waals surface area contributed by atoms with E-state index in [4.69, 9.17) is 5.73 Å². The average molecular weight is 273 g/mol. The van der Waals surface area contributed by atoms with Gasteiger partial charge in [-0.15, -0.1) is 0 Å². The van der Waals surface area contributed by atoms with Gasteiger partial charge in [0.25, 0.3) is 5.91 Å². The summed E-state index contributed by atoms with van der Waals surface area (Å²) in [6.07, 6.45) is -1.98. The zero-order valence-electron chi connectivity index (χ0n) is 10.4. The highest BCUT2D eigenvalue weighted by Gasteiger charge is 2.41. The van der Waals surface area contributed by atoms with Crippen molar-refractivity contribution >= 4 is 11.6 Å². The van der Waals surface area contributed by atoms with E-state index < -0.39 is 18.6 Å². The molecule has 0 saturated heterocycles. The van der Waals surface area contributed by atoms with Crippen LogP contribution in [0.3, 0.4) is 0 Å². The Morgan fingerprint density at radius 2 is 2.16 bits per heavy atom. The number of aromatic nitrogens is 1. The van der Waals surface area contributed by atoms with Gasteiger partial charge in [0.05, 0.1) is 5.56 Å². The molecule has 0 aliphatic heterocycles. The maximum Gasteiger partial charge on any atom is 0.406 e. The molecule has 1 saturated carbocycles. The largest absolute Gasteiger partial charge is 0.406 e. The van der Waals surface area contributed by atoms with Gasteiger partial charge < -0.3 is 10.6 Å². The quantitative estimate of drug-likeness (QED) is 0.917. The van der Waals surface area contributed by atoms with Gasteiger partial charge in [-0.2, -0.15) is 13.2 Å². The van der Waals surface area contributed by atoms with Gasteiger partial charge in [0.2, 0.25) is 0 Å². The number of hydrogen-bond donors (Lipinski definition) is 1. The van der Waals surface area contributed by atoms with Crippen molar-refractivity contribution in [3.63, 3.8) is 0 Å². The number of nitrogen functional groups attached to an aromatic ring is 1. The monoisotopic (exact) mass is 273 g/mol. The minimum atomic E-state index is -4.41. The fraction of sp³-hybridized carbons (Fsp3) is 0.500. The van der Waals surface area contributed by atoms with Crippen molar-refractivity contribution in [1.29, 1.82) is 0 Å². The Bertz CT molecular complexity index is 497. The van der Waals surface area contributed by atoms with E-state index in [2.05, 4.69) is 4.98 Å². The molecule has 2 rings (SSSR count). The summed E-state index contributed by atoms with van der Waals surface area (Å²) in [5.41, 5.74) is 6.48. The SMILES string of the molecule is Cc1cc(N)c(C(=O)N(CC(F)(F)F)C2CC2)cn1. The lowest BCUT2D eigenvalue weighted by atomic mass is 10.2. The summed E-state index contributed by atoms with van der Waals surface area (Å²) < 4.78 is 37.5. The van der Waals surface area contributed by atoms with Crippen molar-refractivity contribution < 1.29 is 18.0 Å². The molecular formula is C12H14F3N3O. The zero-order chi connectivity index (χ0) is 14.2. The number of alkyl halides is 3. The Labute approximate surface area is 108 Å². The molecule has 0 spiro atoms. The molecule has 1 aromatic heterocycles. The van der Waals surface area contributed by atoms with E-state index >= 15 is 0 Å². The Balaban J connectivity index is 2.24. The van der Waals surface area contributed by atoms with Crippen LogP contribution in [0.4, 0.5) is 18.9 Å². The predicted octanol–water partition coefficient (Wildman–Crippen LogP) is 2.14. The second-order valence-electron chi connectivity index (χ2n) is 4.69. The number of pyridine rings is 1. The predicted molar refractivity (Wildman–Crippen MR) is 63.5 cm³/mol. The maximum atomic E-state index is 12.5. The van der Waals surface area contributed by atoms with E-state index in [9.17, 15) is 18.0 Å². The first-order valence-corrected chi connectivity index (χ1v) is 5.88. The molecule has 4 nitrogen and oxygen atoms in total. The molecule has 19 heavy (non-hydrogen) atoms. The van der Waals surface area contributed by atoms with Crippen molar-refractivity contribution in [3.8, 4) is 0 Å². The van der Waals surface area contributed by atoms with Gasteiger partial charge in [-0.3, -0.25) is 9.78 Å². The summed E-state index contributed by atoms with van der Waals surface area (Å²) in [5.74, 6) is -0.704. The van der Waals surface area contributed by atoms with E-state index in [1.807, 2.05) is 0 Å². The molecule has 0 aromatic carbocycles. The second kappa shape index (κ2) is 4.71. The number of amides is 1. The van der Waals surface area contributed by atoms with E-state index in [-0.39, 0.29) is 17.3 Å². The van der Waals surface area contributed by atoms with Crippen LogP contribution >= 0.6 is 0 Å². The molecule has 0 radical (unpaired) electrons. The minimum Gasteiger partial charge on any atom is -0.398 e. The Morgan fingerprint density at radius 3 is 2.63 bits per heavy atom. The summed E-state index contributed by atoms with van der Waals surface area (Å²) in [4.78, 5) is 16.9. The normalized spacial score (nSPS) is 15.4. The van der Waals surface area contributed by atoms with Crippen LogP contribution in [0.1, 0.15) is 28.9 Å². The smallest absolute Gasteiger partial charge is 0.398 e. The van der Waals surface area contributed by atoms with Crippen LogP contribution in [0.2, 0.25) is 0 Å². The lowest BCUT2D eigenvalue weighted by Crippen LogP contribution is -2.40. The summed E-state index contributed by atoms with van der Waals surface area (Å²) in [5, 5.41) is 0. The van der Waals surface area contributed by atoms with Crippen LogP contribution in [0, 0.1) is 6.92 Å². The van der Waals surface area contributed by atoms with Crippen LogP contribution in [0.15, 0.2) is 12.3 Å². The second-order valence-corrected chi connectivity index (χ2v) is 4.69. The van der Waals surface area contributed by atoms with Crippen molar-refractivity contribution in [1.82, 2.24) is 9.88 Å². The first-order valence-electron chi connectivity index (χ1n) is 5.88. The van der Waals surface area contributed by atoms with Crippen LogP contribution in [-0.4, -0.2) is 34.6 Å². The molecule has 104 valence electrons. The first kappa shape index (κ1) is 13.6. The van der Waals surface area contributed by atoms with Gasteiger partial charge in [0.15, 0.2) is 0 Å². The van der Waals surface area contributed by atoms with Gasteiger partial charge in [-0.1, -0.05) is 0 Å². The molecule has 0 atom stereocenters. The molecule has 1 aliphatic carbocycles. The van der Waals surface area contributed by atoms with Gasteiger partial charge in [-0.25, -0.2) is 0 Å². The topological polar surface area (TPSA) is 59.2 Å². The van der Waals surface area contributed by atoms with E-state index in [0.29, 0.717) is 18.5 Å². The molecule has 0 unspecified atom stereocenters. The molecule has 1 heterocycles. The molecule has 1 amide bonds. The summed E-state index contributed by atoms with van der Waals surface area (Å²) in [7, 11) is 0. The fourth-order valence-electron chi connectivity index (χ4n) is 1.86. The number of nitrogens with zero attached hydrogens (tertiary/aromatic N) is 2. The van der Waals surface area contributed by atoms with Crippen LogP contribution in [-0.2, 0) is 0 Å². The number of aryl methyl sites for hydroxylation is 1. The number of carbonyl (C=O) groups is 1. The van der Waals surface area contributed by atoms with Crippen molar-refractivity contribution in [2.24, 2.45) is 0 Å². The number of nitrogens with two attached hydrogens (primary N) is 1. The van der Waals surface area contributed by atoms with Gasteiger partial charge in [0, 0.05) is 23.6 Å². The van der Waals surface area contributed by atoms with Gasteiger partial charge in [0.1, 0.15) is 6.54 Å². The van der Waals surface area contributed by atoms with Crippen molar-refractivity contribution in [3.05, 3.63) is 23.5 Å². The number of anilines is 1. The Hall–Kier alpha value is -1.79. The molecule has 1 aromatic rings. The molecular weight excluding hydrogens is 259 g/mol. The Morgan fingerprint density at radius 1 is 1.53 bits per heavy atom. The number of carbonyl (C=O) groups excluding carboxylic acids is 1. The highest BCUT2D eigenvalue weighted by atomic mass is 19.4. The summed E-state index contributed by atoms with van der Waals surface area (Å²) in [6, 6.07) is 1.14. The third-order valence-corrected chi connectivity index (χ3v) is 2.90. The molecule has 7 heteroatoms. The molecule has 1 aliphatic rings. The van der Waals surface area contributed by atoms with E-state index in [0.717, 1.165) is 4.90 Å².